The van der Waals surface area contributed by atoms with Crippen LogP contribution < -0.4 is 16.4 Å². The van der Waals surface area contributed by atoms with Gasteiger partial charge in [0.2, 0.25) is 11.8 Å². The van der Waals surface area contributed by atoms with Gasteiger partial charge in [0, 0.05) is 51.0 Å². The van der Waals surface area contributed by atoms with Crippen molar-refractivity contribution >= 4 is 23.2 Å². The number of nitrogens with zero attached hydrogens (tertiary/aromatic N) is 1. The van der Waals surface area contributed by atoms with Crippen LogP contribution in [0, 0.1) is 0 Å². The summed E-state index contributed by atoms with van der Waals surface area (Å²) in [7, 11) is 0. The van der Waals surface area contributed by atoms with E-state index in [2.05, 4.69) is 15.5 Å². The molecular formula is C34H42N4O6. The molecule has 0 aliphatic carbocycles. The fraction of sp³-hybridized carbons (Fsp3) is 0.412. The number of nitrogens with two attached hydrogens (primary N) is 1. The summed E-state index contributed by atoms with van der Waals surface area (Å²) in [5.41, 5.74) is 10.7. The molecule has 2 fully saturated rings. The second-order valence-corrected chi connectivity index (χ2v) is 11.3. The van der Waals surface area contributed by atoms with Crippen LogP contribution in [0.1, 0.15) is 60.3 Å². The number of amides is 2. The topological polar surface area (TPSA) is 135 Å². The highest BCUT2D eigenvalue weighted by molar-refractivity contribution is 5.93. The van der Waals surface area contributed by atoms with Crippen LogP contribution >= 0.6 is 0 Å². The first kappa shape index (κ1) is 31.6. The van der Waals surface area contributed by atoms with Crippen LogP contribution in [-0.4, -0.2) is 60.8 Å². The number of ether oxygens (including phenoxy) is 3. The molecule has 10 nitrogen and oxygen atoms in total. The Morgan fingerprint density at radius 2 is 1.55 bits per heavy atom. The lowest BCUT2D eigenvalue weighted by Gasteiger charge is -2.39. The molecule has 5 rings (SSSR count). The first-order valence-corrected chi connectivity index (χ1v) is 15.3. The summed E-state index contributed by atoms with van der Waals surface area (Å²) < 4.78 is 18.4. The van der Waals surface area contributed by atoms with E-state index in [1.54, 1.807) is 24.3 Å². The quantitative estimate of drug-likeness (QED) is 0.228. The molecule has 44 heavy (non-hydrogen) atoms. The van der Waals surface area contributed by atoms with Gasteiger partial charge in [-0.15, -0.1) is 0 Å². The van der Waals surface area contributed by atoms with E-state index in [1.807, 2.05) is 48.5 Å². The van der Waals surface area contributed by atoms with E-state index in [-0.39, 0.29) is 43.5 Å². The Morgan fingerprint density at radius 3 is 2.27 bits per heavy atom. The van der Waals surface area contributed by atoms with Gasteiger partial charge in [0.25, 0.3) is 0 Å². The van der Waals surface area contributed by atoms with E-state index >= 15 is 0 Å². The Kier molecular flexibility index (Phi) is 11.3. The van der Waals surface area contributed by atoms with Gasteiger partial charge in [-0.25, -0.2) is 0 Å². The molecular weight excluding hydrogens is 560 g/mol. The minimum absolute atomic E-state index is 0.00579. The van der Waals surface area contributed by atoms with E-state index in [0.717, 1.165) is 61.5 Å². The molecule has 5 N–H and O–H groups in total. The van der Waals surface area contributed by atoms with Crippen LogP contribution in [0.25, 0.3) is 0 Å². The van der Waals surface area contributed by atoms with Crippen molar-refractivity contribution in [3.8, 4) is 0 Å². The van der Waals surface area contributed by atoms with Crippen LogP contribution in [0.5, 0.6) is 0 Å². The molecule has 2 heterocycles. The largest absolute Gasteiger partial charge is 0.397 e. The number of para-hydroxylation sites is 2. The van der Waals surface area contributed by atoms with Gasteiger partial charge in [-0.1, -0.05) is 60.7 Å². The Bertz CT molecular complexity index is 1360. The second kappa shape index (κ2) is 15.8. The summed E-state index contributed by atoms with van der Waals surface area (Å²) in [5.74, 6) is -0.281. The van der Waals surface area contributed by atoms with Crippen molar-refractivity contribution < 1.29 is 28.9 Å². The van der Waals surface area contributed by atoms with Crippen molar-refractivity contribution in [2.75, 3.05) is 43.9 Å². The number of benzene rings is 3. The van der Waals surface area contributed by atoms with Gasteiger partial charge in [0.15, 0.2) is 6.29 Å². The molecule has 2 saturated heterocycles. The van der Waals surface area contributed by atoms with Crippen LogP contribution in [0.15, 0.2) is 72.8 Å². The molecule has 3 aromatic rings. The molecule has 3 unspecified atom stereocenters. The third-order valence-electron chi connectivity index (χ3n) is 7.96. The molecule has 10 heteroatoms. The minimum Gasteiger partial charge on any atom is -0.397 e. The fourth-order valence-corrected chi connectivity index (χ4v) is 5.42. The molecule has 0 saturated carbocycles. The minimum atomic E-state index is -0.529. The van der Waals surface area contributed by atoms with E-state index in [0.29, 0.717) is 24.3 Å². The van der Waals surface area contributed by atoms with E-state index in [1.165, 1.54) is 0 Å². The van der Waals surface area contributed by atoms with Gasteiger partial charge in [0.1, 0.15) is 0 Å². The third-order valence-corrected chi connectivity index (χ3v) is 7.96. The van der Waals surface area contributed by atoms with Crippen LogP contribution in [0.3, 0.4) is 0 Å². The van der Waals surface area contributed by atoms with Gasteiger partial charge < -0.3 is 35.7 Å². The Hall–Kier alpha value is -3.80. The van der Waals surface area contributed by atoms with Gasteiger partial charge in [-0.05, 0) is 35.2 Å². The second-order valence-electron chi connectivity index (χ2n) is 11.3. The summed E-state index contributed by atoms with van der Waals surface area (Å²) in [5, 5.41) is 15.2. The highest BCUT2D eigenvalue weighted by Gasteiger charge is 2.33. The van der Waals surface area contributed by atoms with Gasteiger partial charge in [0.05, 0.1) is 43.4 Å². The van der Waals surface area contributed by atoms with Gasteiger partial charge >= 0.3 is 0 Å². The molecule has 0 aromatic heterocycles. The predicted molar refractivity (Wildman–Crippen MR) is 167 cm³/mol. The Labute approximate surface area is 258 Å². The highest BCUT2D eigenvalue weighted by atomic mass is 16.7. The molecule has 2 aliphatic heterocycles. The number of aliphatic hydroxyl groups excluding tert-OH is 1. The maximum atomic E-state index is 12.4. The molecule has 234 valence electrons. The molecule has 0 bridgehead atoms. The summed E-state index contributed by atoms with van der Waals surface area (Å²) in [6, 6.07) is 22.9. The molecule has 0 radical (unpaired) electrons. The lowest BCUT2D eigenvalue weighted by atomic mass is 9.99. The highest BCUT2D eigenvalue weighted by Crippen LogP contribution is 2.38. The number of anilines is 2. The average molecular weight is 603 g/mol. The number of carbonyl (C=O) groups is 2. The maximum Gasteiger partial charge on any atom is 0.224 e. The summed E-state index contributed by atoms with van der Waals surface area (Å²) in [6.07, 6.45) is 0.979. The summed E-state index contributed by atoms with van der Waals surface area (Å²) in [4.78, 5) is 27.0. The first-order chi connectivity index (χ1) is 21.5. The standard InChI is InChI=1S/C34H42N4O6/c35-29-4-1-2-5-30(29)37-33(41)7-3-6-32(40)36-21-24-8-14-27(15-9-24)34-43-28(22-38-16-18-42-19-17-38)20-31(44-34)26-12-10-25(23-39)11-13-26/h1-2,4-5,8-15,28,31,34,39H,3,6-7,16-23,35H2,(H,36,40)(H,37,41). The number of morpholine rings is 1. The van der Waals surface area contributed by atoms with Crippen molar-refractivity contribution in [1.29, 1.82) is 0 Å². The zero-order valence-electron chi connectivity index (χ0n) is 25.0. The molecule has 3 atom stereocenters. The number of hydrogen-bond donors (Lipinski definition) is 4. The number of carbonyl (C=O) groups excluding carboxylic acids is 2. The van der Waals surface area contributed by atoms with Crippen molar-refractivity contribution in [2.24, 2.45) is 0 Å². The monoisotopic (exact) mass is 602 g/mol. The number of aliphatic hydroxyl groups is 1. The summed E-state index contributed by atoms with van der Waals surface area (Å²) >= 11 is 0. The van der Waals surface area contributed by atoms with Crippen LogP contribution in [0.4, 0.5) is 11.4 Å². The van der Waals surface area contributed by atoms with Crippen LogP contribution in [0.2, 0.25) is 0 Å². The van der Waals surface area contributed by atoms with Crippen LogP contribution in [-0.2, 0) is 37.0 Å². The fourth-order valence-electron chi connectivity index (χ4n) is 5.42. The number of nitrogens with one attached hydrogen (secondary N) is 2. The summed E-state index contributed by atoms with van der Waals surface area (Å²) in [6.45, 7) is 4.44. The lowest BCUT2D eigenvalue weighted by Crippen LogP contribution is -2.44. The van der Waals surface area contributed by atoms with E-state index < -0.39 is 6.29 Å². The maximum absolute atomic E-state index is 12.4. The Morgan fingerprint density at radius 1 is 0.864 bits per heavy atom. The van der Waals surface area contributed by atoms with Crippen molar-refractivity contribution in [2.45, 2.75) is 57.3 Å². The zero-order chi connectivity index (χ0) is 30.7. The van der Waals surface area contributed by atoms with E-state index in [4.69, 9.17) is 19.9 Å². The van der Waals surface area contributed by atoms with E-state index in [9.17, 15) is 14.7 Å². The molecule has 2 aliphatic rings. The van der Waals surface area contributed by atoms with Crippen molar-refractivity contribution in [1.82, 2.24) is 10.2 Å². The SMILES string of the molecule is Nc1ccccc1NC(=O)CCCC(=O)NCc1ccc(C2OC(CN3CCOCC3)CC(c3ccc(CO)cc3)O2)cc1. The molecule has 3 aromatic carbocycles. The van der Waals surface area contributed by atoms with Gasteiger partial charge in [-0.3, -0.25) is 14.5 Å². The smallest absolute Gasteiger partial charge is 0.224 e. The molecule has 0 spiro atoms. The number of hydrogen-bond acceptors (Lipinski definition) is 8. The van der Waals surface area contributed by atoms with Crippen molar-refractivity contribution in [3.63, 3.8) is 0 Å². The average Bonchev–Trinajstić information content (AvgIpc) is 3.05. The number of nitrogen functional groups attached to an aromatic ring is 1. The Balaban J connectivity index is 1.12. The van der Waals surface area contributed by atoms with Gasteiger partial charge in [-0.2, -0.15) is 0 Å². The predicted octanol–water partition coefficient (Wildman–Crippen LogP) is 4.06. The normalized spacial score (nSPS) is 20.6. The third kappa shape index (κ3) is 9.10. The first-order valence-electron chi connectivity index (χ1n) is 15.3. The zero-order valence-corrected chi connectivity index (χ0v) is 25.0. The molecule has 2 amide bonds. The number of rotatable bonds is 12. The lowest BCUT2D eigenvalue weighted by molar-refractivity contribution is -0.253. The van der Waals surface area contributed by atoms with Crippen molar-refractivity contribution in [3.05, 3.63) is 95.1 Å².